The second-order valence-electron chi connectivity index (χ2n) is 4.60. The number of rotatable bonds is 6. The molecule has 94 valence electrons. The minimum atomic E-state index is -0.225. The third kappa shape index (κ3) is 3.19. The zero-order valence-electron chi connectivity index (χ0n) is 10.1. The van der Waals surface area contributed by atoms with Gasteiger partial charge in [0.05, 0.1) is 13.3 Å². The normalized spacial score (nSPS) is 18.1. The third-order valence-electron chi connectivity index (χ3n) is 3.29. The first-order chi connectivity index (χ1) is 8.31. The molecular formula is C14H20FNO. The molecule has 0 saturated heterocycles. The molecule has 1 atom stereocenters. The zero-order chi connectivity index (χ0) is 12.1. The van der Waals surface area contributed by atoms with Crippen LogP contribution in [0.15, 0.2) is 18.2 Å². The van der Waals surface area contributed by atoms with Gasteiger partial charge in [-0.05, 0) is 55.4 Å². The molecule has 17 heavy (non-hydrogen) atoms. The summed E-state index contributed by atoms with van der Waals surface area (Å²) in [5.41, 5.74) is 8.55. The molecule has 0 amide bonds. The molecule has 0 fully saturated rings. The number of nitrogens with two attached hydrogens (primary N) is 1. The maximum atomic E-state index is 11.9. The molecule has 0 spiro atoms. The molecule has 0 heterocycles. The first-order valence-electron chi connectivity index (χ1n) is 6.38. The number of alkyl halides is 1. The average Bonchev–Trinajstić information content (AvgIpc) is 2.71. The van der Waals surface area contributed by atoms with Crippen LogP contribution in [-0.4, -0.2) is 13.3 Å². The van der Waals surface area contributed by atoms with E-state index in [1.54, 1.807) is 0 Å². The molecular weight excluding hydrogens is 217 g/mol. The minimum Gasteiger partial charge on any atom is -0.494 e. The van der Waals surface area contributed by atoms with E-state index in [1.807, 2.05) is 6.07 Å². The molecule has 0 bridgehead atoms. The lowest BCUT2D eigenvalue weighted by atomic mass is 10.1. The van der Waals surface area contributed by atoms with Crippen LogP contribution in [-0.2, 0) is 6.42 Å². The Morgan fingerprint density at radius 3 is 3.00 bits per heavy atom. The Morgan fingerprint density at radius 2 is 2.18 bits per heavy atom. The fraction of sp³-hybridized carbons (Fsp3) is 0.571. The SMILES string of the molecule is N[C@H]1CCc2cc(OCCCCCF)ccc21. The summed E-state index contributed by atoms with van der Waals surface area (Å²) < 4.78 is 17.5. The Kier molecular flexibility index (Phi) is 4.37. The smallest absolute Gasteiger partial charge is 0.119 e. The van der Waals surface area contributed by atoms with E-state index in [1.165, 1.54) is 11.1 Å². The standard InChI is InChI=1S/C14H20FNO/c15-8-2-1-3-9-17-12-5-6-13-11(10-12)4-7-14(13)16/h5-6,10,14H,1-4,7-9,16H2/t14-/m0/s1. The number of ether oxygens (including phenoxy) is 1. The predicted molar refractivity (Wildman–Crippen MR) is 67.0 cm³/mol. The number of hydrogen-bond acceptors (Lipinski definition) is 2. The maximum absolute atomic E-state index is 11.9. The van der Waals surface area contributed by atoms with E-state index in [-0.39, 0.29) is 12.7 Å². The van der Waals surface area contributed by atoms with Crippen LogP contribution in [0.25, 0.3) is 0 Å². The summed E-state index contributed by atoms with van der Waals surface area (Å²) in [5, 5.41) is 0. The molecule has 1 aliphatic rings. The average molecular weight is 237 g/mol. The second-order valence-corrected chi connectivity index (χ2v) is 4.60. The van der Waals surface area contributed by atoms with Crippen LogP contribution in [0.1, 0.15) is 42.9 Å². The highest BCUT2D eigenvalue weighted by molar-refractivity contribution is 5.40. The highest BCUT2D eigenvalue weighted by atomic mass is 19.1. The van der Waals surface area contributed by atoms with Crippen LogP contribution in [0.2, 0.25) is 0 Å². The van der Waals surface area contributed by atoms with E-state index < -0.39 is 0 Å². The number of hydrogen-bond donors (Lipinski definition) is 1. The minimum absolute atomic E-state index is 0.198. The van der Waals surface area contributed by atoms with E-state index in [9.17, 15) is 4.39 Å². The number of unbranched alkanes of at least 4 members (excludes halogenated alkanes) is 2. The van der Waals surface area contributed by atoms with E-state index in [0.717, 1.165) is 31.4 Å². The first kappa shape index (κ1) is 12.4. The summed E-state index contributed by atoms with van der Waals surface area (Å²) in [4.78, 5) is 0. The van der Waals surface area contributed by atoms with Crippen molar-refractivity contribution in [1.29, 1.82) is 0 Å². The van der Waals surface area contributed by atoms with Gasteiger partial charge in [0.1, 0.15) is 5.75 Å². The monoisotopic (exact) mass is 237 g/mol. The van der Waals surface area contributed by atoms with E-state index in [4.69, 9.17) is 10.5 Å². The van der Waals surface area contributed by atoms with Gasteiger partial charge in [-0.15, -0.1) is 0 Å². The lowest BCUT2D eigenvalue weighted by molar-refractivity contribution is 0.301. The summed E-state index contributed by atoms with van der Waals surface area (Å²) in [6.07, 6.45) is 4.54. The van der Waals surface area contributed by atoms with Gasteiger partial charge >= 0.3 is 0 Å². The maximum Gasteiger partial charge on any atom is 0.119 e. The van der Waals surface area contributed by atoms with Gasteiger partial charge in [0.25, 0.3) is 0 Å². The number of fused-ring (bicyclic) bond motifs is 1. The van der Waals surface area contributed by atoms with Crippen molar-refractivity contribution in [2.45, 2.75) is 38.1 Å². The van der Waals surface area contributed by atoms with Crippen LogP contribution in [0.3, 0.4) is 0 Å². The lowest BCUT2D eigenvalue weighted by Gasteiger charge is -2.09. The van der Waals surface area contributed by atoms with E-state index in [2.05, 4.69) is 12.1 Å². The molecule has 1 aliphatic carbocycles. The predicted octanol–water partition coefficient (Wildman–Crippen LogP) is 3.15. The van der Waals surface area contributed by atoms with Gasteiger partial charge in [0.2, 0.25) is 0 Å². The van der Waals surface area contributed by atoms with Gasteiger partial charge in [-0.3, -0.25) is 4.39 Å². The fourth-order valence-electron chi connectivity index (χ4n) is 2.28. The van der Waals surface area contributed by atoms with E-state index in [0.29, 0.717) is 13.0 Å². The summed E-state index contributed by atoms with van der Waals surface area (Å²) in [7, 11) is 0. The quantitative estimate of drug-likeness (QED) is 0.771. The van der Waals surface area contributed by atoms with E-state index >= 15 is 0 Å². The van der Waals surface area contributed by atoms with Crippen LogP contribution in [0, 0.1) is 0 Å². The van der Waals surface area contributed by atoms with Crippen molar-refractivity contribution >= 4 is 0 Å². The van der Waals surface area contributed by atoms with Gasteiger partial charge in [-0.1, -0.05) is 6.07 Å². The van der Waals surface area contributed by atoms with Crippen molar-refractivity contribution in [3.63, 3.8) is 0 Å². The summed E-state index contributed by atoms with van der Waals surface area (Å²) in [5.74, 6) is 0.915. The topological polar surface area (TPSA) is 35.2 Å². The highest BCUT2D eigenvalue weighted by Crippen LogP contribution is 2.31. The Hall–Kier alpha value is -1.09. The Balaban J connectivity index is 1.82. The molecule has 1 aromatic carbocycles. The molecule has 0 saturated carbocycles. The molecule has 0 aliphatic heterocycles. The molecule has 2 N–H and O–H groups in total. The van der Waals surface area contributed by atoms with Crippen molar-refractivity contribution in [3.05, 3.63) is 29.3 Å². The van der Waals surface area contributed by atoms with Crippen molar-refractivity contribution in [2.24, 2.45) is 5.73 Å². The summed E-state index contributed by atoms with van der Waals surface area (Å²) in [6, 6.07) is 6.35. The van der Waals surface area contributed by atoms with Gasteiger partial charge in [-0.25, -0.2) is 0 Å². The van der Waals surface area contributed by atoms with Gasteiger partial charge in [0.15, 0.2) is 0 Å². The molecule has 2 nitrogen and oxygen atoms in total. The molecule has 0 aromatic heterocycles. The molecule has 0 radical (unpaired) electrons. The zero-order valence-corrected chi connectivity index (χ0v) is 10.1. The van der Waals surface area contributed by atoms with Crippen LogP contribution in [0.4, 0.5) is 4.39 Å². The number of halogens is 1. The van der Waals surface area contributed by atoms with Crippen molar-refractivity contribution in [3.8, 4) is 5.75 Å². The van der Waals surface area contributed by atoms with Gasteiger partial charge in [-0.2, -0.15) is 0 Å². The van der Waals surface area contributed by atoms with Crippen molar-refractivity contribution in [2.75, 3.05) is 13.3 Å². The molecule has 3 heteroatoms. The van der Waals surface area contributed by atoms with Crippen LogP contribution in [0.5, 0.6) is 5.75 Å². The summed E-state index contributed by atoms with van der Waals surface area (Å²) >= 11 is 0. The van der Waals surface area contributed by atoms with Crippen LogP contribution >= 0.6 is 0 Å². The second kappa shape index (κ2) is 6.01. The lowest BCUT2D eigenvalue weighted by Crippen LogP contribution is -2.05. The van der Waals surface area contributed by atoms with Gasteiger partial charge in [0, 0.05) is 6.04 Å². The molecule has 1 aromatic rings. The fourth-order valence-corrected chi connectivity index (χ4v) is 2.28. The van der Waals surface area contributed by atoms with Crippen LogP contribution < -0.4 is 10.5 Å². The Bertz CT molecular complexity index is 367. The van der Waals surface area contributed by atoms with Crippen molar-refractivity contribution < 1.29 is 9.13 Å². The van der Waals surface area contributed by atoms with Crippen molar-refractivity contribution in [1.82, 2.24) is 0 Å². The third-order valence-corrected chi connectivity index (χ3v) is 3.29. The Labute approximate surface area is 102 Å². The largest absolute Gasteiger partial charge is 0.494 e. The molecule has 0 unspecified atom stereocenters. The summed E-state index contributed by atoms with van der Waals surface area (Å²) in [6.45, 7) is 0.446. The highest BCUT2D eigenvalue weighted by Gasteiger charge is 2.18. The molecule has 2 rings (SSSR count). The van der Waals surface area contributed by atoms with Gasteiger partial charge < -0.3 is 10.5 Å². The number of aryl methyl sites for hydroxylation is 1. The first-order valence-corrected chi connectivity index (χ1v) is 6.38. The Morgan fingerprint density at radius 1 is 1.29 bits per heavy atom. The number of benzene rings is 1.